The van der Waals surface area contributed by atoms with Crippen LogP contribution in [0.15, 0.2) is 0 Å². The van der Waals surface area contributed by atoms with Crippen LogP contribution >= 0.6 is 0 Å². The first-order valence-electron chi connectivity index (χ1n) is 7.89. The molecule has 7 heteroatoms. The fourth-order valence-electron chi connectivity index (χ4n) is 3.59. The SMILES string of the molecule is Cc1nnc(CC2CS(=O)(=O)CCN2)n1C1CCCCC1. The topological polar surface area (TPSA) is 76.9 Å². The Morgan fingerprint density at radius 2 is 2.00 bits per heavy atom. The van der Waals surface area contributed by atoms with E-state index in [2.05, 4.69) is 20.1 Å². The third-order valence-corrected chi connectivity index (χ3v) is 6.34. The Balaban J connectivity index is 1.76. The van der Waals surface area contributed by atoms with Gasteiger partial charge in [0.2, 0.25) is 0 Å². The first-order valence-corrected chi connectivity index (χ1v) is 9.71. The van der Waals surface area contributed by atoms with Crippen LogP contribution in [0, 0.1) is 6.92 Å². The van der Waals surface area contributed by atoms with E-state index in [1.807, 2.05) is 6.92 Å². The smallest absolute Gasteiger partial charge is 0.153 e. The zero-order chi connectivity index (χ0) is 14.9. The van der Waals surface area contributed by atoms with E-state index in [0.717, 1.165) is 11.6 Å². The lowest BCUT2D eigenvalue weighted by molar-refractivity contribution is 0.337. The van der Waals surface area contributed by atoms with Gasteiger partial charge in [-0.3, -0.25) is 0 Å². The lowest BCUT2D eigenvalue weighted by Crippen LogP contribution is -2.46. The molecule has 2 fully saturated rings. The molecule has 21 heavy (non-hydrogen) atoms. The molecule has 1 unspecified atom stereocenters. The highest BCUT2D eigenvalue weighted by Gasteiger charge is 2.28. The molecule has 1 N–H and O–H groups in total. The van der Waals surface area contributed by atoms with Crippen LogP contribution < -0.4 is 5.32 Å². The van der Waals surface area contributed by atoms with Crippen LogP contribution in [-0.4, -0.2) is 47.3 Å². The molecule has 1 saturated heterocycles. The van der Waals surface area contributed by atoms with Gasteiger partial charge >= 0.3 is 0 Å². The zero-order valence-electron chi connectivity index (χ0n) is 12.6. The second-order valence-corrected chi connectivity index (χ2v) is 8.52. The van der Waals surface area contributed by atoms with E-state index in [-0.39, 0.29) is 17.5 Å². The van der Waals surface area contributed by atoms with E-state index in [9.17, 15) is 8.42 Å². The molecule has 1 atom stereocenters. The molecule has 3 rings (SSSR count). The van der Waals surface area contributed by atoms with E-state index in [4.69, 9.17) is 0 Å². The van der Waals surface area contributed by atoms with Gasteiger partial charge in [0.1, 0.15) is 11.6 Å². The van der Waals surface area contributed by atoms with Crippen LogP contribution in [0.1, 0.15) is 49.8 Å². The molecule has 0 aromatic carbocycles. The molecule has 118 valence electrons. The van der Waals surface area contributed by atoms with Crippen molar-refractivity contribution in [1.29, 1.82) is 0 Å². The van der Waals surface area contributed by atoms with E-state index < -0.39 is 9.84 Å². The monoisotopic (exact) mass is 312 g/mol. The normalized spacial score (nSPS) is 26.8. The van der Waals surface area contributed by atoms with Gasteiger partial charge in [-0.15, -0.1) is 10.2 Å². The highest BCUT2D eigenvalue weighted by atomic mass is 32.2. The summed E-state index contributed by atoms with van der Waals surface area (Å²) < 4.78 is 25.8. The summed E-state index contributed by atoms with van der Waals surface area (Å²) >= 11 is 0. The van der Waals surface area contributed by atoms with Gasteiger partial charge in [-0.2, -0.15) is 0 Å². The molecular formula is C14H24N4O2S. The minimum Gasteiger partial charge on any atom is -0.312 e. The molecule has 0 amide bonds. The summed E-state index contributed by atoms with van der Waals surface area (Å²) in [7, 11) is -2.90. The zero-order valence-corrected chi connectivity index (χ0v) is 13.4. The highest BCUT2D eigenvalue weighted by molar-refractivity contribution is 7.91. The molecule has 6 nitrogen and oxygen atoms in total. The van der Waals surface area contributed by atoms with Gasteiger partial charge in [0.25, 0.3) is 0 Å². The van der Waals surface area contributed by atoms with E-state index in [1.54, 1.807) is 0 Å². The lowest BCUT2D eigenvalue weighted by atomic mass is 9.95. The molecule has 0 bridgehead atoms. The Hall–Kier alpha value is -0.950. The molecule has 1 aromatic rings. The molecule has 2 heterocycles. The number of hydrogen-bond acceptors (Lipinski definition) is 5. The van der Waals surface area contributed by atoms with Crippen molar-refractivity contribution in [2.24, 2.45) is 0 Å². The molecule has 1 saturated carbocycles. The number of nitrogens with one attached hydrogen (secondary N) is 1. The van der Waals surface area contributed by atoms with Crippen molar-refractivity contribution in [1.82, 2.24) is 20.1 Å². The second-order valence-electron chi connectivity index (χ2n) is 6.29. The fourth-order valence-corrected chi connectivity index (χ4v) is 5.03. The third kappa shape index (κ3) is 3.45. The molecule has 1 aliphatic heterocycles. The van der Waals surface area contributed by atoms with E-state index in [0.29, 0.717) is 19.0 Å². The lowest BCUT2D eigenvalue weighted by Gasteiger charge is -2.27. The fraction of sp³-hybridized carbons (Fsp3) is 0.857. The Labute approximate surface area is 126 Å². The van der Waals surface area contributed by atoms with Gasteiger partial charge in [0.15, 0.2) is 9.84 Å². The minimum absolute atomic E-state index is 0.0327. The van der Waals surface area contributed by atoms with Crippen LogP contribution in [0.4, 0.5) is 0 Å². The van der Waals surface area contributed by atoms with Crippen molar-refractivity contribution in [3.63, 3.8) is 0 Å². The molecule has 2 aliphatic rings. The van der Waals surface area contributed by atoms with Gasteiger partial charge in [-0.1, -0.05) is 19.3 Å². The quantitative estimate of drug-likeness (QED) is 0.902. The summed E-state index contributed by atoms with van der Waals surface area (Å²) in [4.78, 5) is 0. The average molecular weight is 312 g/mol. The summed E-state index contributed by atoms with van der Waals surface area (Å²) in [6.07, 6.45) is 6.85. The first kappa shape index (κ1) is 15.0. The molecule has 1 aliphatic carbocycles. The Bertz CT molecular complexity index is 590. The number of aryl methyl sites for hydroxylation is 1. The van der Waals surface area contributed by atoms with Crippen molar-refractivity contribution in [3.8, 4) is 0 Å². The molecule has 1 aromatic heterocycles. The number of aromatic nitrogens is 3. The maximum Gasteiger partial charge on any atom is 0.153 e. The van der Waals surface area contributed by atoms with Gasteiger partial charge in [-0.25, -0.2) is 8.42 Å². The van der Waals surface area contributed by atoms with Crippen LogP contribution in [-0.2, 0) is 16.3 Å². The van der Waals surface area contributed by atoms with Crippen molar-refractivity contribution in [2.75, 3.05) is 18.1 Å². The second kappa shape index (κ2) is 6.04. The number of nitrogens with zero attached hydrogens (tertiary/aromatic N) is 3. The van der Waals surface area contributed by atoms with Crippen molar-refractivity contribution < 1.29 is 8.42 Å². The first-order chi connectivity index (χ1) is 10.1. The summed E-state index contributed by atoms with van der Waals surface area (Å²) in [6, 6.07) is 0.457. The molecule has 0 radical (unpaired) electrons. The Kier molecular flexibility index (Phi) is 4.31. The maximum absolute atomic E-state index is 11.8. The van der Waals surface area contributed by atoms with Crippen molar-refractivity contribution in [2.45, 2.75) is 57.5 Å². The third-order valence-electron chi connectivity index (χ3n) is 4.61. The summed E-state index contributed by atoms with van der Waals surface area (Å²) in [5, 5.41) is 11.8. The Morgan fingerprint density at radius 3 is 2.71 bits per heavy atom. The largest absolute Gasteiger partial charge is 0.312 e. The van der Waals surface area contributed by atoms with Crippen molar-refractivity contribution in [3.05, 3.63) is 11.6 Å². The van der Waals surface area contributed by atoms with Gasteiger partial charge in [-0.05, 0) is 19.8 Å². The summed E-state index contributed by atoms with van der Waals surface area (Å²) in [5.74, 6) is 2.35. The highest BCUT2D eigenvalue weighted by Crippen LogP contribution is 2.30. The summed E-state index contributed by atoms with van der Waals surface area (Å²) in [5.41, 5.74) is 0. The predicted molar refractivity (Wildman–Crippen MR) is 81.0 cm³/mol. The van der Waals surface area contributed by atoms with Crippen LogP contribution in [0.25, 0.3) is 0 Å². The molecule has 0 spiro atoms. The van der Waals surface area contributed by atoms with Crippen LogP contribution in [0.3, 0.4) is 0 Å². The number of rotatable bonds is 3. The molecular weight excluding hydrogens is 288 g/mol. The Morgan fingerprint density at radius 1 is 1.24 bits per heavy atom. The average Bonchev–Trinajstić information content (AvgIpc) is 2.79. The van der Waals surface area contributed by atoms with E-state index in [1.165, 1.54) is 32.1 Å². The van der Waals surface area contributed by atoms with Gasteiger partial charge in [0.05, 0.1) is 11.5 Å². The van der Waals surface area contributed by atoms with Crippen LogP contribution in [0.2, 0.25) is 0 Å². The minimum atomic E-state index is -2.90. The van der Waals surface area contributed by atoms with Crippen LogP contribution in [0.5, 0.6) is 0 Å². The van der Waals surface area contributed by atoms with Crippen molar-refractivity contribution >= 4 is 9.84 Å². The maximum atomic E-state index is 11.8. The van der Waals surface area contributed by atoms with E-state index >= 15 is 0 Å². The standard InChI is InChI=1S/C14H24N4O2S/c1-11-16-17-14(18(11)13-5-3-2-4-6-13)9-12-10-21(19,20)8-7-15-12/h12-13,15H,2-10H2,1H3. The number of sulfone groups is 1. The predicted octanol–water partition coefficient (Wildman–Crippen LogP) is 1.02. The van der Waals surface area contributed by atoms with Gasteiger partial charge < -0.3 is 9.88 Å². The van der Waals surface area contributed by atoms with Gasteiger partial charge in [0, 0.05) is 25.0 Å². The summed E-state index contributed by atoms with van der Waals surface area (Å²) in [6.45, 7) is 2.54. The number of hydrogen-bond donors (Lipinski definition) is 1.